The van der Waals surface area contributed by atoms with Crippen molar-refractivity contribution >= 4 is 11.8 Å². The van der Waals surface area contributed by atoms with E-state index in [1.165, 1.54) is 6.20 Å². The maximum Gasteiger partial charge on any atom is 0.407 e. The number of rotatable bonds is 5. The van der Waals surface area contributed by atoms with Gasteiger partial charge in [0.05, 0.1) is 4.92 Å². The third-order valence-corrected chi connectivity index (χ3v) is 3.23. The number of carbonyl (C=O) groups is 1. The minimum atomic E-state index is -0.505. The van der Waals surface area contributed by atoms with Crippen molar-refractivity contribution in [3.05, 3.63) is 69.5 Å². The maximum atomic E-state index is 11.5. The summed E-state index contributed by atoms with van der Waals surface area (Å²) in [6.45, 7) is 2.19. The summed E-state index contributed by atoms with van der Waals surface area (Å²) in [5.74, 6) is 5.66. The topological polar surface area (TPSA) is 94.4 Å². The van der Waals surface area contributed by atoms with E-state index in [2.05, 4.69) is 22.1 Å². The number of nitrogens with zero attached hydrogens (tertiary/aromatic N) is 2. The van der Waals surface area contributed by atoms with Crippen molar-refractivity contribution in [3.63, 3.8) is 0 Å². The number of carbonyl (C=O) groups excluding carboxylic acids is 1. The van der Waals surface area contributed by atoms with Gasteiger partial charge in [0.15, 0.2) is 0 Å². The van der Waals surface area contributed by atoms with Crippen LogP contribution in [-0.2, 0) is 11.3 Å². The minimum absolute atomic E-state index is 0.0339. The van der Waals surface area contributed by atoms with Crippen LogP contribution in [0, 0.1) is 28.9 Å². The standard InChI is InChI=1S/C18H17N3O4/c1-14-11-16(20-12-17(14)21(23)24)9-5-6-10-19-18(22)25-13-15-7-3-2-4-8-15/h2-4,7-8,11-12H,6,10,13H2,1H3,(H,19,22). The molecule has 1 aromatic heterocycles. The molecule has 25 heavy (non-hydrogen) atoms. The molecule has 0 saturated heterocycles. The minimum Gasteiger partial charge on any atom is -0.445 e. The average Bonchev–Trinajstić information content (AvgIpc) is 2.60. The largest absolute Gasteiger partial charge is 0.445 e. The van der Waals surface area contributed by atoms with Gasteiger partial charge in [0.25, 0.3) is 5.69 Å². The highest BCUT2D eigenvalue weighted by molar-refractivity contribution is 5.67. The van der Waals surface area contributed by atoms with Gasteiger partial charge in [0.2, 0.25) is 0 Å². The molecule has 0 unspecified atom stereocenters. The Morgan fingerprint density at radius 2 is 2.12 bits per heavy atom. The Kier molecular flexibility index (Phi) is 6.48. The van der Waals surface area contributed by atoms with E-state index in [9.17, 15) is 14.9 Å². The molecule has 0 aliphatic carbocycles. The van der Waals surface area contributed by atoms with Crippen LogP contribution in [0.3, 0.4) is 0 Å². The summed E-state index contributed by atoms with van der Waals surface area (Å²) in [5.41, 5.74) is 1.84. The molecule has 0 atom stereocenters. The number of nitro groups is 1. The quantitative estimate of drug-likeness (QED) is 0.391. The second-order valence-corrected chi connectivity index (χ2v) is 5.15. The Morgan fingerprint density at radius 3 is 2.80 bits per heavy atom. The highest BCUT2D eigenvalue weighted by atomic mass is 16.6. The molecule has 0 fully saturated rings. The van der Waals surface area contributed by atoms with E-state index in [0.717, 1.165) is 5.56 Å². The van der Waals surface area contributed by atoms with Gasteiger partial charge in [-0.2, -0.15) is 0 Å². The Bertz CT molecular complexity index is 810. The summed E-state index contributed by atoms with van der Waals surface area (Å²) in [6, 6.07) is 11.0. The zero-order valence-electron chi connectivity index (χ0n) is 13.7. The lowest BCUT2D eigenvalue weighted by molar-refractivity contribution is -0.385. The van der Waals surface area contributed by atoms with Gasteiger partial charge in [-0.25, -0.2) is 9.78 Å². The molecule has 1 N–H and O–H groups in total. The zero-order chi connectivity index (χ0) is 18.1. The van der Waals surface area contributed by atoms with Crippen LogP contribution in [0.1, 0.15) is 23.2 Å². The molecule has 0 radical (unpaired) electrons. The summed E-state index contributed by atoms with van der Waals surface area (Å²) >= 11 is 0. The molecule has 128 valence electrons. The van der Waals surface area contributed by atoms with Crippen LogP contribution < -0.4 is 5.32 Å². The zero-order valence-corrected chi connectivity index (χ0v) is 13.7. The Morgan fingerprint density at radius 1 is 1.36 bits per heavy atom. The number of amides is 1. The molecule has 0 bridgehead atoms. The number of benzene rings is 1. The monoisotopic (exact) mass is 339 g/mol. The number of nitrogens with one attached hydrogen (secondary N) is 1. The van der Waals surface area contributed by atoms with Gasteiger partial charge in [-0.1, -0.05) is 36.3 Å². The van der Waals surface area contributed by atoms with E-state index in [-0.39, 0.29) is 12.3 Å². The summed E-state index contributed by atoms with van der Waals surface area (Å²) in [7, 11) is 0. The van der Waals surface area contributed by atoms with Crippen LogP contribution in [0.4, 0.5) is 10.5 Å². The Balaban J connectivity index is 1.72. The van der Waals surface area contributed by atoms with E-state index >= 15 is 0 Å². The number of aromatic nitrogens is 1. The first-order chi connectivity index (χ1) is 12.1. The predicted molar refractivity (Wildman–Crippen MR) is 91.8 cm³/mol. The molecule has 0 aliphatic heterocycles. The van der Waals surface area contributed by atoms with E-state index in [1.54, 1.807) is 13.0 Å². The molecule has 7 nitrogen and oxygen atoms in total. The van der Waals surface area contributed by atoms with Crippen molar-refractivity contribution in [2.45, 2.75) is 20.0 Å². The first-order valence-electron chi connectivity index (χ1n) is 7.60. The Hall–Kier alpha value is -3.40. The van der Waals surface area contributed by atoms with Crippen molar-refractivity contribution in [1.29, 1.82) is 0 Å². The SMILES string of the molecule is Cc1cc(C#CCCNC(=O)OCc2ccccc2)ncc1[N+](=O)[O-]. The molecule has 0 saturated carbocycles. The number of alkyl carbamates (subject to hydrolysis) is 1. The second-order valence-electron chi connectivity index (χ2n) is 5.15. The molecule has 1 heterocycles. The lowest BCUT2D eigenvalue weighted by Crippen LogP contribution is -2.24. The molecule has 7 heteroatoms. The molecular weight excluding hydrogens is 322 g/mol. The summed E-state index contributed by atoms with van der Waals surface area (Å²) in [5, 5.41) is 13.3. The fourth-order valence-corrected chi connectivity index (χ4v) is 1.96. The van der Waals surface area contributed by atoms with Gasteiger partial charge in [-0.3, -0.25) is 10.1 Å². The summed E-state index contributed by atoms with van der Waals surface area (Å²) in [4.78, 5) is 25.7. The van der Waals surface area contributed by atoms with E-state index < -0.39 is 11.0 Å². The molecule has 2 rings (SSSR count). The number of pyridine rings is 1. The van der Waals surface area contributed by atoms with E-state index in [4.69, 9.17) is 4.74 Å². The number of hydrogen-bond acceptors (Lipinski definition) is 5. The van der Waals surface area contributed by atoms with Crippen LogP contribution >= 0.6 is 0 Å². The van der Waals surface area contributed by atoms with Crippen LogP contribution in [0.25, 0.3) is 0 Å². The number of hydrogen-bond donors (Lipinski definition) is 1. The fraction of sp³-hybridized carbons (Fsp3) is 0.222. The molecule has 1 aromatic carbocycles. The van der Waals surface area contributed by atoms with Crippen LogP contribution in [0.5, 0.6) is 0 Å². The molecular formula is C18H17N3O4. The van der Waals surface area contributed by atoms with Crippen molar-refractivity contribution in [1.82, 2.24) is 10.3 Å². The third kappa shape index (κ3) is 5.95. The highest BCUT2D eigenvalue weighted by Gasteiger charge is 2.10. The van der Waals surface area contributed by atoms with Gasteiger partial charge >= 0.3 is 6.09 Å². The summed E-state index contributed by atoms with van der Waals surface area (Å²) < 4.78 is 5.07. The van der Waals surface area contributed by atoms with E-state index in [1.807, 2.05) is 30.3 Å². The first kappa shape index (κ1) is 17.9. The average molecular weight is 339 g/mol. The van der Waals surface area contributed by atoms with Crippen LogP contribution in [0.2, 0.25) is 0 Å². The first-order valence-corrected chi connectivity index (χ1v) is 7.60. The van der Waals surface area contributed by atoms with Gasteiger partial charge in [0.1, 0.15) is 18.5 Å². The lowest BCUT2D eigenvalue weighted by atomic mass is 10.2. The Labute approximate surface area is 145 Å². The molecule has 0 spiro atoms. The van der Waals surface area contributed by atoms with Crippen LogP contribution in [-0.4, -0.2) is 22.5 Å². The van der Waals surface area contributed by atoms with Gasteiger partial charge in [-0.05, 0) is 24.5 Å². The second kappa shape index (κ2) is 9.03. The van der Waals surface area contributed by atoms with Crippen molar-refractivity contribution in [2.24, 2.45) is 0 Å². The molecule has 2 aromatic rings. The van der Waals surface area contributed by atoms with Crippen LogP contribution in [0.15, 0.2) is 42.6 Å². The van der Waals surface area contributed by atoms with E-state index in [0.29, 0.717) is 24.2 Å². The molecule has 1 amide bonds. The van der Waals surface area contributed by atoms with Crippen molar-refractivity contribution in [3.8, 4) is 11.8 Å². The predicted octanol–water partition coefficient (Wildman–Crippen LogP) is 2.97. The molecule has 0 aliphatic rings. The lowest BCUT2D eigenvalue weighted by Gasteiger charge is -2.05. The fourth-order valence-electron chi connectivity index (χ4n) is 1.96. The summed E-state index contributed by atoms with van der Waals surface area (Å²) in [6.07, 6.45) is 1.10. The third-order valence-electron chi connectivity index (χ3n) is 3.23. The van der Waals surface area contributed by atoms with Gasteiger partial charge < -0.3 is 10.1 Å². The van der Waals surface area contributed by atoms with Gasteiger partial charge in [-0.15, -0.1) is 0 Å². The normalized spacial score (nSPS) is 9.64. The highest BCUT2D eigenvalue weighted by Crippen LogP contribution is 2.15. The maximum absolute atomic E-state index is 11.5. The number of aryl methyl sites for hydroxylation is 1. The smallest absolute Gasteiger partial charge is 0.407 e. The van der Waals surface area contributed by atoms with Crippen molar-refractivity contribution < 1.29 is 14.5 Å². The van der Waals surface area contributed by atoms with Crippen molar-refractivity contribution in [2.75, 3.05) is 6.54 Å². The van der Waals surface area contributed by atoms with Gasteiger partial charge in [0, 0.05) is 18.5 Å². The number of ether oxygens (including phenoxy) is 1.